The Labute approximate surface area is 128 Å². The van der Waals surface area contributed by atoms with E-state index >= 15 is 0 Å². The first kappa shape index (κ1) is 16.0. The average molecular weight is 326 g/mol. The van der Waals surface area contributed by atoms with E-state index in [1.807, 2.05) is 0 Å². The van der Waals surface area contributed by atoms with Gasteiger partial charge in [0, 0.05) is 36.4 Å². The van der Waals surface area contributed by atoms with Crippen LogP contribution in [0.5, 0.6) is 0 Å². The van der Waals surface area contributed by atoms with Crippen molar-refractivity contribution in [2.24, 2.45) is 0 Å². The third kappa shape index (κ3) is 4.85. The highest BCUT2D eigenvalue weighted by Crippen LogP contribution is 2.10. The molecule has 0 atom stereocenters. The first-order chi connectivity index (χ1) is 9.97. The van der Waals surface area contributed by atoms with Crippen LogP contribution in [0.4, 0.5) is 0 Å². The highest BCUT2D eigenvalue weighted by Gasteiger charge is 2.15. The number of sulfonamides is 1. The maximum atomic E-state index is 12.1. The molecular weight excluding hydrogens is 308 g/mol. The molecule has 2 N–H and O–H groups in total. The lowest BCUT2D eigenvalue weighted by Crippen LogP contribution is -2.24. The van der Waals surface area contributed by atoms with E-state index in [0.29, 0.717) is 12.6 Å². The molecule has 0 unspecified atom stereocenters. The van der Waals surface area contributed by atoms with Gasteiger partial charge in [-0.15, -0.1) is 11.3 Å². The normalized spacial score (nSPS) is 12.0. The number of aromatic nitrogens is 2. The average Bonchev–Trinajstić information content (AvgIpc) is 2.97. The van der Waals surface area contributed by atoms with Gasteiger partial charge >= 0.3 is 0 Å². The molecule has 0 saturated carbocycles. The minimum atomic E-state index is -3.59. The van der Waals surface area contributed by atoms with Crippen LogP contribution < -0.4 is 10.0 Å². The molecule has 0 radical (unpaired) electrons. The predicted octanol–water partition coefficient (Wildman–Crippen LogP) is 1.51. The molecule has 0 aliphatic carbocycles. The van der Waals surface area contributed by atoms with Crippen molar-refractivity contribution < 1.29 is 8.42 Å². The molecule has 21 heavy (non-hydrogen) atoms. The predicted molar refractivity (Wildman–Crippen MR) is 82.4 cm³/mol. The summed E-state index contributed by atoms with van der Waals surface area (Å²) >= 11 is 1.40. The Morgan fingerprint density at radius 2 is 2.05 bits per heavy atom. The van der Waals surface area contributed by atoms with Gasteiger partial charge in [-0.25, -0.2) is 18.1 Å². The lowest BCUT2D eigenvalue weighted by atomic mass is 10.2. The Hall–Kier alpha value is -1.35. The number of rotatable bonds is 7. The van der Waals surface area contributed by atoms with E-state index in [2.05, 4.69) is 33.9 Å². The summed E-state index contributed by atoms with van der Waals surface area (Å²) in [7, 11) is -3.59. The van der Waals surface area contributed by atoms with Gasteiger partial charge in [-0.2, -0.15) is 0 Å². The van der Waals surface area contributed by atoms with Crippen molar-refractivity contribution >= 4 is 21.4 Å². The number of hydrogen-bond acceptors (Lipinski definition) is 6. The van der Waals surface area contributed by atoms with Crippen molar-refractivity contribution in [3.05, 3.63) is 40.5 Å². The Kier molecular flexibility index (Phi) is 5.40. The van der Waals surface area contributed by atoms with Gasteiger partial charge in [0.25, 0.3) is 10.0 Å². The third-order valence-corrected chi connectivity index (χ3v) is 4.80. The number of nitrogens with zero attached hydrogens (tertiary/aromatic N) is 2. The zero-order valence-corrected chi connectivity index (χ0v) is 13.5. The van der Waals surface area contributed by atoms with Crippen LogP contribution in [0.1, 0.15) is 24.3 Å². The molecule has 114 valence electrons. The fourth-order valence-corrected chi connectivity index (χ4v) is 3.12. The second-order valence-corrected chi connectivity index (χ2v) is 7.52. The molecule has 2 aromatic heterocycles. The van der Waals surface area contributed by atoms with E-state index in [9.17, 15) is 8.42 Å². The summed E-state index contributed by atoms with van der Waals surface area (Å²) in [5.74, 6) is 0. The van der Waals surface area contributed by atoms with Gasteiger partial charge in [0.15, 0.2) is 5.03 Å². The highest BCUT2D eigenvalue weighted by molar-refractivity contribution is 7.89. The Morgan fingerprint density at radius 1 is 1.24 bits per heavy atom. The fraction of sp³-hybridized carbons (Fsp3) is 0.385. The summed E-state index contributed by atoms with van der Waals surface area (Å²) in [4.78, 5) is 8.79. The van der Waals surface area contributed by atoms with Crippen LogP contribution in [-0.2, 0) is 23.1 Å². The van der Waals surface area contributed by atoms with Gasteiger partial charge in [0.2, 0.25) is 0 Å². The van der Waals surface area contributed by atoms with Crippen LogP contribution in [-0.4, -0.2) is 24.4 Å². The van der Waals surface area contributed by atoms with Crippen LogP contribution in [0.2, 0.25) is 0 Å². The number of nitrogens with one attached hydrogen (secondary N) is 2. The summed E-state index contributed by atoms with van der Waals surface area (Å²) in [5, 5.41) is 3.28. The van der Waals surface area contributed by atoms with Crippen molar-refractivity contribution in [2.45, 2.75) is 38.0 Å². The molecule has 0 amide bonds. The van der Waals surface area contributed by atoms with E-state index in [1.165, 1.54) is 17.4 Å². The van der Waals surface area contributed by atoms with Crippen molar-refractivity contribution in [3.8, 4) is 0 Å². The largest absolute Gasteiger partial charge is 0.310 e. The van der Waals surface area contributed by atoms with E-state index in [-0.39, 0.29) is 11.6 Å². The molecule has 6 nitrogen and oxygen atoms in total. The monoisotopic (exact) mass is 326 g/mol. The van der Waals surface area contributed by atoms with E-state index in [0.717, 1.165) is 10.4 Å². The van der Waals surface area contributed by atoms with Crippen LogP contribution in [0, 0.1) is 0 Å². The summed E-state index contributed by atoms with van der Waals surface area (Å²) in [5.41, 5.74) is 2.61. The standard InChI is InChI=1S/C13H18N4O2S2/c1-10(2)15-5-11-3-4-13(16-6-11)21(18,19)17-8-12-7-14-9-20-12/h3-4,6-7,9-10,15,17H,5,8H2,1-2H3. The summed E-state index contributed by atoms with van der Waals surface area (Å²) in [6.45, 7) is 5.00. The molecule has 0 bridgehead atoms. The molecular formula is C13H18N4O2S2. The van der Waals surface area contributed by atoms with Gasteiger partial charge < -0.3 is 5.32 Å². The van der Waals surface area contributed by atoms with Crippen LogP contribution >= 0.6 is 11.3 Å². The first-order valence-corrected chi connectivity index (χ1v) is 8.89. The van der Waals surface area contributed by atoms with Crippen LogP contribution in [0.15, 0.2) is 35.1 Å². The third-order valence-electron chi connectivity index (χ3n) is 2.71. The lowest BCUT2D eigenvalue weighted by molar-refractivity contribution is 0.575. The molecule has 0 spiro atoms. The molecule has 0 aliphatic rings. The van der Waals surface area contributed by atoms with Gasteiger partial charge in [0.1, 0.15) is 0 Å². The number of thiazole rings is 1. The first-order valence-electron chi connectivity index (χ1n) is 6.53. The second-order valence-electron chi connectivity index (χ2n) is 4.83. The molecule has 8 heteroatoms. The molecule has 0 saturated heterocycles. The van der Waals surface area contributed by atoms with Gasteiger partial charge in [-0.3, -0.25) is 4.98 Å². The van der Waals surface area contributed by atoms with Crippen molar-refractivity contribution in [1.29, 1.82) is 0 Å². The molecule has 2 heterocycles. The molecule has 0 aromatic carbocycles. The Balaban J connectivity index is 1.99. The van der Waals surface area contributed by atoms with Gasteiger partial charge in [-0.05, 0) is 11.6 Å². The van der Waals surface area contributed by atoms with Gasteiger partial charge in [-0.1, -0.05) is 19.9 Å². The molecule has 0 aliphatic heterocycles. The summed E-state index contributed by atoms with van der Waals surface area (Å²) < 4.78 is 26.7. The molecule has 2 aromatic rings. The van der Waals surface area contributed by atoms with Crippen LogP contribution in [0.25, 0.3) is 0 Å². The van der Waals surface area contributed by atoms with E-state index < -0.39 is 10.0 Å². The Bertz CT molecular complexity index is 652. The van der Waals surface area contributed by atoms with Crippen molar-refractivity contribution in [2.75, 3.05) is 0 Å². The summed E-state index contributed by atoms with van der Waals surface area (Å²) in [6, 6.07) is 3.66. The number of pyridine rings is 1. The number of hydrogen-bond donors (Lipinski definition) is 2. The minimum absolute atomic E-state index is 0.0281. The SMILES string of the molecule is CC(C)NCc1ccc(S(=O)(=O)NCc2cncs2)nc1. The highest BCUT2D eigenvalue weighted by atomic mass is 32.2. The smallest absolute Gasteiger partial charge is 0.258 e. The van der Waals surface area contributed by atoms with Crippen LogP contribution in [0.3, 0.4) is 0 Å². The molecule has 0 fully saturated rings. The fourth-order valence-electron chi connectivity index (χ4n) is 1.57. The van der Waals surface area contributed by atoms with E-state index in [1.54, 1.807) is 24.0 Å². The van der Waals surface area contributed by atoms with Gasteiger partial charge in [0.05, 0.1) is 5.51 Å². The zero-order valence-electron chi connectivity index (χ0n) is 11.9. The molecule has 2 rings (SSSR count). The second kappa shape index (κ2) is 7.08. The minimum Gasteiger partial charge on any atom is -0.310 e. The van der Waals surface area contributed by atoms with Crippen molar-refractivity contribution in [3.63, 3.8) is 0 Å². The quantitative estimate of drug-likeness (QED) is 0.806. The zero-order chi connectivity index (χ0) is 15.3. The maximum Gasteiger partial charge on any atom is 0.258 e. The topological polar surface area (TPSA) is 84.0 Å². The Morgan fingerprint density at radius 3 is 2.62 bits per heavy atom. The summed E-state index contributed by atoms with van der Waals surface area (Å²) in [6.07, 6.45) is 3.22. The van der Waals surface area contributed by atoms with E-state index in [4.69, 9.17) is 0 Å². The maximum absolute atomic E-state index is 12.1. The van der Waals surface area contributed by atoms with Crippen molar-refractivity contribution in [1.82, 2.24) is 20.0 Å². The lowest BCUT2D eigenvalue weighted by Gasteiger charge is -2.09.